The van der Waals surface area contributed by atoms with Crippen LogP contribution in [0.2, 0.25) is 0 Å². The van der Waals surface area contributed by atoms with E-state index in [0.717, 1.165) is 0 Å². The van der Waals surface area contributed by atoms with Crippen LogP contribution < -0.4 is 0 Å². The predicted octanol–water partition coefficient (Wildman–Crippen LogP) is 0.561. The van der Waals surface area contributed by atoms with Crippen LogP contribution in [0.25, 0.3) is 0 Å². The van der Waals surface area contributed by atoms with E-state index in [4.69, 9.17) is 16.0 Å². The predicted molar refractivity (Wildman–Crippen MR) is 81.8 cm³/mol. The van der Waals surface area contributed by atoms with Crippen LogP contribution in [0, 0.1) is 12.3 Å². The summed E-state index contributed by atoms with van der Waals surface area (Å²) in [6, 6.07) is -0.413. The smallest absolute Gasteiger partial charge is 0.411 e. The van der Waals surface area contributed by atoms with Crippen LogP contribution in [0.3, 0.4) is 0 Å². The molecule has 0 N–H and O–H groups in total. The van der Waals surface area contributed by atoms with Gasteiger partial charge in [-0.2, -0.15) is 0 Å². The van der Waals surface area contributed by atoms with Crippen molar-refractivity contribution in [2.45, 2.75) is 32.4 Å². The van der Waals surface area contributed by atoms with E-state index in [1.54, 1.807) is 7.05 Å². The van der Waals surface area contributed by atoms with Gasteiger partial charge in [0.05, 0.1) is 13.7 Å². The number of hydrogen-bond donors (Lipinski definition) is 0. The zero-order valence-corrected chi connectivity index (χ0v) is 14.0. The van der Waals surface area contributed by atoms with E-state index in [0.29, 0.717) is 19.6 Å². The van der Waals surface area contributed by atoms with Gasteiger partial charge < -0.3 is 4.74 Å². The number of piperazine rings is 1. The summed E-state index contributed by atoms with van der Waals surface area (Å²) >= 11 is 0. The number of likely N-dealkylation sites (N-methyl/N-ethyl adjacent to an activating group) is 1. The van der Waals surface area contributed by atoms with Gasteiger partial charge >= 0.3 is 6.09 Å². The molecule has 0 unspecified atom stereocenters. The third kappa shape index (κ3) is 5.20. The summed E-state index contributed by atoms with van der Waals surface area (Å²) in [5.74, 6) is 2.43. The highest BCUT2D eigenvalue weighted by molar-refractivity contribution is 5.77. The molecule has 1 atom stereocenters. The first kappa shape index (κ1) is 18.3. The fraction of sp³-hybridized carbons (Fsp3) is 0.733. The molecule has 1 rings (SSSR count). The molecule has 1 heterocycles. The molecule has 1 aliphatic rings. The molecule has 0 aromatic carbocycles. The Bertz CT molecular complexity index is 453. The van der Waals surface area contributed by atoms with Crippen LogP contribution in [0.5, 0.6) is 0 Å². The van der Waals surface area contributed by atoms with Gasteiger partial charge in [0.2, 0.25) is 0 Å². The second-order valence-corrected chi connectivity index (χ2v) is 6.17. The van der Waals surface area contributed by atoms with Gasteiger partial charge in [-0.05, 0) is 20.8 Å². The molecule has 0 aromatic rings. The number of carbonyl (C=O) groups excluding carboxylic acids is 2. The quantitative estimate of drug-likeness (QED) is 0.563. The van der Waals surface area contributed by atoms with Gasteiger partial charge in [-0.3, -0.25) is 19.4 Å². The summed E-state index contributed by atoms with van der Waals surface area (Å²) in [6.07, 6.45) is 5.11. The summed E-state index contributed by atoms with van der Waals surface area (Å²) < 4.78 is 5.36. The molecule has 0 radical (unpaired) electrons. The van der Waals surface area contributed by atoms with Crippen molar-refractivity contribution in [3.8, 4) is 12.3 Å². The second-order valence-electron chi connectivity index (χ2n) is 6.17. The maximum atomic E-state index is 12.2. The molecule has 0 bridgehead atoms. The third-order valence-corrected chi connectivity index (χ3v) is 3.27. The Labute approximate surface area is 132 Å². The van der Waals surface area contributed by atoms with E-state index in [9.17, 15) is 9.59 Å². The Morgan fingerprint density at radius 2 is 2.00 bits per heavy atom. The van der Waals surface area contributed by atoms with E-state index in [1.165, 1.54) is 17.1 Å². The third-order valence-electron chi connectivity index (χ3n) is 3.27. The van der Waals surface area contributed by atoms with Crippen molar-refractivity contribution in [1.82, 2.24) is 14.9 Å². The van der Waals surface area contributed by atoms with Crippen molar-refractivity contribution in [3.05, 3.63) is 0 Å². The van der Waals surface area contributed by atoms with Gasteiger partial charge in [-0.1, -0.05) is 5.92 Å². The molecule has 0 spiro atoms. The number of ether oxygens (including phenoxy) is 1. The van der Waals surface area contributed by atoms with Crippen molar-refractivity contribution in [2.75, 3.05) is 40.3 Å². The van der Waals surface area contributed by atoms with Crippen molar-refractivity contribution in [2.24, 2.45) is 0 Å². The molecule has 1 saturated heterocycles. The number of terminal acetylenes is 1. The van der Waals surface area contributed by atoms with Gasteiger partial charge in [0, 0.05) is 26.7 Å². The summed E-state index contributed by atoms with van der Waals surface area (Å²) in [5, 5.41) is 1.17. The first-order valence-corrected chi connectivity index (χ1v) is 7.16. The van der Waals surface area contributed by atoms with Crippen LogP contribution in [0.4, 0.5) is 4.79 Å². The number of nitrogens with zero attached hydrogens (tertiary/aromatic N) is 3. The average molecular weight is 311 g/mol. The number of carbonyl (C=O) groups is 2. The summed E-state index contributed by atoms with van der Waals surface area (Å²) in [6.45, 7) is 7.04. The highest BCUT2D eigenvalue weighted by atomic mass is 16.7. The number of rotatable bonds is 3. The van der Waals surface area contributed by atoms with Crippen LogP contribution in [0.15, 0.2) is 0 Å². The minimum Gasteiger partial charge on any atom is -0.444 e. The lowest BCUT2D eigenvalue weighted by molar-refractivity contribution is -0.170. The van der Waals surface area contributed by atoms with Crippen molar-refractivity contribution < 1.29 is 19.2 Å². The van der Waals surface area contributed by atoms with Crippen LogP contribution in [0.1, 0.15) is 20.8 Å². The molecule has 1 aliphatic heterocycles. The maximum Gasteiger partial charge on any atom is 0.411 e. The van der Waals surface area contributed by atoms with Crippen LogP contribution >= 0.6 is 0 Å². The summed E-state index contributed by atoms with van der Waals surface area (Å²) in [4.78, 5) is 32.3. The van der Waals surface area contributed by atoms with Gasteiger partial charge in [-0.15, -0.1) is 6.42 Å². The van der Waals surface area contributed by atoms with E-state index in [1.807, 2.05) is 25.7 Å². The molecule has 0 aliphatic carbocycles. The lowest BCUT2D eigenvalue weighted by Gasteiger charge is -2.39. The molecular weight excluding hydrogens is 286 g/mol. The first-order valence-electron chi connectivity index (χ1n) is 7.16. The molecule has 124 valence electrons. The van der Waals surface area contributed by atoms with Gasteiger partial charge in [0.1, 0.15) is 11.6 Å². The van der Waals surface area contributed by atoms with Gasteiger partial charge in [0.25, 0.3) is 5.91 Å². The Hall–Kier alpha value is -1.78. The average Bonchev–Trinajstić information content (AvgIpc) is 2.44. The first-order chi connectivity index (χ1) is 10.2. The summed E-state index contributed by atoms with van der Waals surface area (Å²) in [5.41, 5.74) is -0.565. The van der Waals surface area contributed by atoms with E-state index in [2.05, 4.69) is 5.92 Å². The lowest BCUT2D eigenvalue weighted by Crippen LogP contribution is -2.57. The van der Waals surface area contributed by atoms with Crippen molar-refractivity contribution >= 4 is 12.0 Å². The molecule has 2 amide bonds. The highest BCUT2D eigenvalue weighted by Gasteiger charge is 2.33. The van der Waals surface area contributed by atoms with E-state index < -0.39 is 17.7 Å². The normalized spacial score (nSPS) is 19.5. The SMILES string of the molecule is C#C[C@@H]1CN(CC(=O)N(C)OC)CCN1C(=O)OC(C)(C)C. The van der Waals surface area contributed by atoms with E-state index in [-0.39, 0.29) is 12.5 Å². The molecule has 22 heavy (non-hydrogen) atoms. The highest BCUT2D eigenvalue weighted by Crippen LogP contribution is 2.15. The largest absolute Gasteiger partial charge is 0.444 e. The molecule has 0 aromatic heterocycles. The fourth-order valence-corrected chi connectivity index (χ4v) is 2.06. The fourth-order valence-electron chi connectivity index (χ4n) is 2.06. The minimum atomic E-state index is -0.565. The Balaban J connectivity index is 2.63. The summed E-state index contributed by atoms with van der Waals surface area (Å²) in [7, 11) is 2.99. The van der Waals surface area contributed by atoms with E-state index >= 15 is 0 Å². The zero-order valence-electron chi connectivity index (χ0n) is 14.0. The maximum absolute atomic E-state index is 12.2. The molecular formula is C15H25N3O4. The molecule has 0 saturated carbocycles. The Morgan fingerprint density at radius 1 is 1.36 bits per heavy atom. The lowest BCUT2D eigenvalue weighted by atomic mass is 10.1. The molecule has 7 heteroatoms. The Kier molecular flexibility index (Phi) is 6.21. The van der Waals surface area contributed by atoms with Crippen LogP contribution in [-0.4, -0.2) is 78.8 Å². The standard InChI is InChI=1S/C15H25N3O4/c1-7-12-10-17(11-13(19)16(5)21-6)8-9-18(12)14(20)22-15(2,3)4/h1,12H,8-11H2,2-6H3/t12-/m1/s1. The Morgan fingerprint density at radius 3 is 2.50 bits per heavy atom. The minimum absolute atomic E-state index is 0.163. The van der Waals surface area contributed by atoms with Gasteiger partial charge in [0.15, 0.2) is 0 Å². The molecule has 1 fully saturated rings. The van der Waals surface area contributed by atoms with Crippen LogP contribution in [-0.2, 0) is 14.4 Å². The number of hydroxylamine groups is 2. The van der Waals surface area contributed by atoms with Crippen molar-refractivity contribution in [1.29, 1.82) is 0 Å². The zero-order chi connectivity index (χ0) is 16.9. The monoisotopic (exact) mass is 311 g/mol. The number of hydrogen-bond acceptors (Lipinski definition) is 5. The second kappa shape index (κ2) is 7.47. The van der Waals surface area contributed by atoms with Crippen molar-refractivity contribution in [3.63, 3.8) is 0 Å². The number of amides is 2. The van der Waals surface area contributed by atoms with Gasteiger partial charge in [-0.25, -0.2) is 9.86 Å². The molecule has 7 nitrogen and oxygen atoms in total. The topological polar surface area (TPSA) is 62.3 Å².